The zero-order valence-electron chi connectivity index (χ0n) is 11.7. The molecular formula is C14H24BrN3. The first-order valence-corrected chi connectivity index (χ1v) is 7.83. The SMILES string of the molecule is CCn1nc(C)c(Br)c1CC1CCCC1CNC. The van der Waals surface area contributed by atoms with Crippen LogP contribution in [0.15, 0.2) is 4.47 Å². The predicted molar refractivity (Wildman–Crippen MR) is 78.8 cm³/mol. The summed E-state index contributed by atoms with van der Waals surface area (Å²) in [6, 6.07) is 0. The minimum atomic E-state index is 0.815. The van der Waals surface area contributed by atoms with Crippen molar-refractivity contribution in [3.05, 3.63) is 15.9 Å². The molecule has 2 rings (SSSR count). The summed E-state index contributed by atoms with van der Waals surface area (Å²) in [5.41, 5.74) is 2.51. The van der Waals surface area contributed by atoms with Gasteiger partial charge in [0.15, 0.2) is 0 Å². The van der Waals surface area contributed by atoms with Crippen LogP contribution in [0.5, 0.6) is 0 Å². The molecule has 2 atom stereocenters. The first-order chi connectivity index (χ1) is 8.67. The number of nitrogens with one attached hydrogen (secondary N) is 1. The van der Waals surface area contributed by atoms with Gasteiger partial charge >= 0.3 is 0 Å². The summed E-state index contributed by atoms with van der Waals surface area (Å²) in [6.45, 7) is 6.37. The fourth-order valence-electron chi connectivity index (χ4n) is 3.23. The molecule has 1 fully saturated rings. The first kappa shape index (κ1) is 14.1. The van der Waals surface area contributed by atoms with E-state index in [4.69, 9.17) is 0 Å². The van der Waals surface area contributed by atoms with E-state index in [0.29, 0.717) is 0 Å². The number of nitrogens with zero attached hydrogens (tertiary/aromatic N) is 2. The Balaban J connectivity index is 2.13. The van der Waals surface area contributed by atoms with Crippen LogP contribution >= 0.6 is 15.9 Å². The minimum Gasteiger partial charge on any atom is -0.319 e. The molecule has 0 radical (unpaired) electrons. The molecule has 0 aromatic carbocycles. The first-order valence-electron chi connectivity index (χ1n) is 7.03. The van der Waals surface area contributed by atoms with Gasteiger partial charge in [0, 0.05) is 6.54 Å². The summed E-state index contributed by atoms with van der Waals surface area (Å²) in [4.78, 5) is 0. The molecule has 1 aromatic rings. The predicted octanol–water partition coefficient (Wildman–Crippen LogP) is 3.15. The zero-order chi connectivity index (χ0) is 13.1. The van der Waals surface area contributed by atoms with Crippen LogP contribution in [-0.2, 0) is 13.0 Å². The Kier molecular flexibility index (Phi) is 4.84. The van der Waals surface area contributed by atoms with Gasteiger partial charge in [-0.15, -0.1) is 0 Å². The van der Waals surface area contributed by atoms with Crippen molar-refractivity contribution in [1.29, 1.82) is 0 Å². The minimum absolute atomic E-state index is 0.815. The van der Waals surface area contributed by atoms with Gasteiger partial charge < -0.3 is 5.32 Å². The van der Waals surface area contributed by atoms with E-state index >= 15 is 0 Å². The second-order valence-corrected chi connectivity index (χ2v) is 6.17. The van der Waals surface area contributed by atoms with Gasteiger partial charge in [0.2, 0.25) is 0 Å². The second kappa shape index (κ2) is 6.20. The molecule has 1 saturated carbocycles. The number of hydrogen-bond donors (Lipinski definition) is 1. The Morgan fingerprint density at radius 1 is 1.39 bits per heavy atom. The van der Waals surface area contributed by atoms with Gasteiger partial charge in [0.1, 0.15) is 0 Å². The van der Waals surface area contributed by atoms with E-state index in [1.54, 1.807) is 0 Å². The second-order valence-electron chi connectivity index (χ2n) is 5.37. The van der Waals surface area contributed by atoms with Gasteiger partial charge in [-0.1, -0.05) is 6.42 Å². The van der Waals surface area contributed by atoms with E-state index in [1.807, 2.05) is 0 Å². The van der Waals surface area contributed by atoms with E-state index < -0.39 is 0 Å². The maximum absolute atomic E-state index is 4.60. The summed E-state index contributed by atoms with van der Waals surface area (Å²) in [7, 11) is 2.06. The normalized spacial score (nSPS) is 23.8. The van der Waals surface area contributed by atoms with Crippen LogP contribution in [0.4, 0.5) is 0 Å². The molecule has 0 saturated heterocycles. The zero-order valence-corrected chi connectivity index (χ0v) is 13.3. The van der Waals surface area contributed by atoms with Gasteiger partial charge in [0.05, 0.1) is 15.9 Å². The van der Waals surface area contributed by atoms with Gasteiger partial charge in [0.25, 0.3) is 0 Å². The largest absolute Gasteiger partial charge is 0.319 e. The number of aromatic nitrogens is 2. The Bertz CT molecular complexity index is 400. The van der Waals surface area contributed by atoms with Crippen molar-refractivity contribution in [2.75, 3.05) is 13.6 Å². The molecule has 2 unspecified atom stereocenters. The molecule has 0 bridgehead atoms. The lowest BCUT2D eigenvalue weighted by atomic mass is 9.91. The lowest BCUT2D eigenvalue weighted by Gasteiger charge is -2.19. The van der Waals surface area contributed by atoms with Crippen molar-refractivity contribution in [3.63, 3.8) is 0 Å². The fourth-order valence-corrected chi connectivity index (χ4v) is 3.67. The Hall–Kier alpha value is -0.350. The molecule has 102 valence electrons. The van der Waals surface area contributed by atoms with Crippen LogP contribution in [0.25, 0.3) is 0 Å². The van der Waals surface area contributed by atoms with Crippen LogP contribution in [0.1, 0.15) is 37.6 Å². The Morgan fingerprint density at radius 2 is 2.11 bits per heavy atom. The summed E-state index contributed by atoms with van der Waals surface area (Å²) in [5.74, 6) is 1.65. The Labute approximate surface area is 118 Å². The third-order valence-electron chi connectivity index (χ3n) is 4.19. The smallest absolute Gasteiger partial charge is 0.0738 e. The number of rotatable bonds is 5. The van der Waals surface area contributed by atoms with Crippen LogP contribution in [0.2, 0.25) is 0 Å². The number of hydrogen-bond acceptors (Lipinski definition) is 2. The van der Waals surface area contributed by atoms with Gasteiger partial charge in [-0.2, -0.15) is 5.10 Å². The summed E-state index contributed by atoms with van der Waals surface area (Å²) >= 11 is 3.71. The highest BCUT2D eigenvalue weighted by atomic mass is 79.9. The quantitative estimate of drug-likeness (QED) is 0.905. The molecule has 1 aliphatic rings. The Morgan fingerprint density at radius 3 is 2.78 bits per heavy atom. The standard InChI is InChI=1S/C14H24BrN3/c1-4-18-13(14(15)10(2)17-18)8-11-6-5-7-12(11)9-16-3/h11-12,16H,4-9H2,1-3H3. The summed E-state index contributed by atoms with van der Waals surface area (Å²) in [6.07, 6.45) is 5.30. The van der Waals surface area contributed by atoms with Crippen molar-refractivity contribution >= 4 is 15.9 Å². The fraction of sp³-hybridized carbons (Fsp3) is 0.786. The molecular weight excluding hydrogens is 290 g/mol. The molecule has 1 N–H and O–H groups in total. The molecule has 0 spiro atoms. The summed E-state index contributed by atoms with van der Waals surface area (Å²) in [5, 5.41) is 7.94. The average Bonchev–Trinajstić information content (AvgIpc) is 2.90. The van der Waals surface area contributed by atoms with E-state index in [9.17, 15) is 0 Å². The highest BCUT2D eigenvalue weighted by molar-refractivity contribution is 9.10. The lowest BCUT2D eigenvalue weighted by Crippen LogP contribution is -2.24. The van der Waals surface area contributed by atoms with Crippen LogP contribution in [0.3, 0.4) is 0 Å². The number of halogens is 1. The van der Waals surface area contributed by atoms with Crippen LogP contribution < -0.4 is 5.32 Å². The molecule has 0 aliphatic heterocycles. The number of aryl methyl sites for hydroxylation is 2. The van der Waals surface area contributed by atoms with Gasteiger partial charge in [-0.25, -0.2) is 0 Å². The van der Waals surface area contributed by atoms with Crippen molar-refractivity contribution in [2.45, 2.75) is 46.1 Å². The highest BCUT2D eigenvalue weighted by Crippen LogP contribution is 2.35. The van der Waals surface area contributed by atoms with Crippen molar-refractivity contribution in [3.8, 4) is 0 Å². The van der Waals surface area contributed by atoms with Crippen LogP contribution in [0, 0.1) is 18.8 Å². The van der Waals surface area contributed by atoms with E-state index in [2.05, 4.69) is 51.9 Å². The third kappa shape index (κ3) is 2.80. The molecule has 1 aliphatic carbocycles. The molecule has 0 amide bonds. The maximum Gasteiger partial charge on any atom is 0.0738 e. The molecule has 4 heteroatoms. The van der Waals surface area contributed by atoms with Gasteiger partial charge in [-0.3, -0.25) is 4.68 Å². The molecule has 3 nitrogen and oxygen atoms in total. The molecule has 18 heavy (non-hydrogen) atoms. The molecule has 1 heterocycles. The lowest BCUT2D eigenvalue weighted by molar-refractivity contribution is 0.365. The van der Waals surface area contributed by atoms with Crippen LogP contribution in [-0.4, -0.2) is 23.4 Å². The third-order valence-corrected chi connectivity index (χ3v) is 5.22. The summed E-state index contributed by atoms with van der Waals surface area (Å²) < 4.78 is 3.38. The average molecular weight is 314 g/mol. The molecule has 1 aromatic heterocycles. The van der Waals surface area contributed by atoms with Gasteiger partial charge in [-0.05, 0) is 74.5 Å². The van der Waals surface area contributed by atoms with E-state index in [-0.39, 0.29) is 0 Å². The highest BCUT2D eigenvalue weighted by Gasteiger charge is 2.28. The van der Waals surface area contributed by atoms with Crippen molar-refractivity contribution in [2.24, 2.45) is 11.8 Å². The monoisotopic (exact) mass is 313 g/mol. The topological polar surface area (TPSA) is 29.9 Å². The van der Waals surface area contributed by atoms with Crippen molar-refractivity contribution in [1.82, 2.24) is 15.1 Å². The van der Waals surface area contributed by atoms with E-state index in [1.165, 1.54) is 35.8 Å². The van der Waals surface area contributed by atoms with Crippen molar-refractivity contribution < 1.29 is 0 Å². The maximum atomic E-state index is 4.60. The van der Waals surface area contributed by atoms with E-state index in [0.717, 1.165) is 30.6 Å².